The Labute approximate surface area is 100 Å². The van der Waals surface area contributed by atoms with Gasteiger partial charge in [0.1, 0.15) is 5.82 Å². The van der Waals surface area contributed by atoms with Crippen LogP contribution in [0.1, 0.15) is 24.1 Å². The average molecular weight is 236 g/mol. The van der Waals surface area contributed by atoms with Crippen LogP contribution in [0.15, 0.2) is 24.3 Å². The number of aryl methyl sites for hydroxylation is 2. The lowest BCUT2D eigenvalue weighted by molar-refractivity contribution is 0.867. The SMILES string of the molecule is CCc1nnc(CCl)n1-c1cccc(C)c1. The van der Waals surface area contributed by atoms with Gasteiger partial charge < -0.3 is 0 Å². The van der Waals surface area contributed by atoms with Crippen molar-refractivity contribution in [2.75, 3.05) is 0 Å². The Bertz CT molecular complexity index is 469. The van der Waals surface area contributed by atoms with Crippen molar-refractivity contribution in [1.82, 2.24) is 14.8 Å². The van der Waals surface area contributed by atoms with Gasteiger partial charge in [-0.05, 0) is 24.6 Å². The van der Waals surface area contributed by atoms with Crippen LogP contribution in [0.2, 0.25) is 0 Å². The molecule has 84 valence electrons. The standard InChI is InChI=1S/C12H14ClN3/c1-3-11-14-15-12(8-13)16(11)10-6-4-5-9(2)7-10/h4-7H,3,8H2,1-2H3. The minimum atomic E-state index is 0.376. The largest absolute Gasteiger partial charge is 0.282 e. The molecule has 0 saturated carbocycles. The molecule has 0 unspecified atom stereocenters. The molecule has 16 heavy (non-hydrogen) atoms. The van der Waals surface area contributed by atoms with Crippen molar-refractivity contribution in [1.29, 1.82) is 0 Å². The summed E-state index contributed by atoms with van der Waals surface area (Å²) in [4.78, 5) is 0. The Morgan fingerprint density at radius 3 is 2.62 bits per heavy atom. The van der Waals surface area contributed by atoms with Crippen LogP contribution in [-0.4, -0.2) is 14.8 Å². The van der Waals surface area contributed by atoms with E-state index in [-0.39, 0.29) is 0 Å². The van der Waals surface area contributed by atoms with Crippen LogP contribution in [0.5, 0.6) is 0 Å². The van der Waals surface area contributed by atoms with Crippen molar-refractivity contribution in [3.05, 3.63) is 41.5 Å². The second-order valence-corrected chi connectivity index (χ2v) is 3.96. The van der Waals surface area contributed by atoms with E-state index in [4.69, 9.17) is 11.6 Å². The maximum atomic E-state index is 5.87. The van der Waals surface area contributed by atoms with E-state index in [1.807, 2.05) is 16.7 Å². The summed E-state index contributed by atoms with van der Waals surface area (Å²) in [5, 5.41) is 8.23. The van der Waals surface area contributed by atoms with Gasteiger partial charge >= 0.3 is 0 Å². The van der Waals surface area contributed by atoms with Gasteiger partial charge in [0, 0.05) is 12.1 Å². The first-order valence-corrected chi connectivity index (χ1v) is 5.86. The summed E-state index contributed by atoms with van der Waals surface area (Å²) in [7, 11) is 0. The number of benzene rings is 1. The Balaban J connectivity index is 2.57. The normalized spacial score (nSPS) is 10.7. The van der Waals surface area contributed by atoms with Crippen molar-refractivity contribution in [2.45, 2.75) is 26.1 Å². The zero-order valence-electron chi connectivity index (χ0n) is 9.44. The van der Waals surface area contributed by atoms with Crippen molar-refractivity contribution in [3.63, 3.8) is 0 Å². The highest BCUT2D eigenvalue weighted by Crippen LogP contribution is 2.16. The predicted octanol–water partition coefficient (Wildman–Crippen LogP) is 2.88. The Morgan fingerprint density at radius 2 is 2.00 bits per heavy atom. The molecule has 0 N–H and O–H groups in total. The Kier molecular flexibility index (Phi) is 3.25. The maximum Gasteiger partial charge on any atom is 0.152 e. The van der Waals surface area contributed by atoms with Gasteiger partial charge in [-0.2, -0.15) is 0 Å². The third-order valence-corrected chi connectivity index (χ3v) is 2.73. The molecule has 0 aliphatic heterocycles. The molecule has 4 heteroatoms. The summed E-state index contributed by atoms with van der Waals surface area (Å²) >= 11 is 5.87. The minimum absolute atomic E-state index is 0.376. The van der Waals surface area contributed by atoms with Crippen LogP contribution in [0.4, 0.5) is 0 Å². The minimum Gasteiger partial charge on any atom is -0.282 e. The summed E-state index contributed by atoms with van der Waals surface area (Å²) in [5.41, 5.74) is 2.30. The predicted molar refractivity (Wildman–Crippen MR) is 65.0 cm³/mol. The number of alkyl halides is 1. The van der Waals surface area contributed by atoms with Gasteiger partial charge in [0.25, 0.3) is 0 Å². The maximum absolute atomic E-state index is 5.87. The van der Waals surface area contributed by atoms with E-state index < -0.39 is 0 Å². The average Bonchev–Trinajstić information content (AvgIpc) is 2.71. The third kappa shape index (κ3) is 1.95. The summed E-state index contributed by atoms with van der Waals surface area (Å²) in [5.74, 6) is 2.12. The first-order valence-electron chi connectivity index (χ1n) is 5.32. The quantitative estimate of drug-likeness (QED) is 0.766. The summed E-state index contributed by atoms with van der Waals surface area (Å²) < 4.78 is 2.03. The smallest absolute Gasteiger partial charge is 0.152 e. The number of nitrogens with zero attached hydrogens (tertiary/aromatic N) is 3. The monoisotopic (exact) mass is 235 g/mol. The lowest BCUT2D eigenvalue weighted by Crippen LogP contribution is -2.03. The lowest BCUT2D eigenvalue weighted by Gasteiger charge is -2.08. The molecule has 0 saturated heterocycles. The Morgan fingerprint density at radius 1 is 1.25 bits per heavy atom. The molecular formula is C12H14ClN3. The molecule has 2 rings (SSSR count). The molecule has 0 bridgehead atoms. The number of halogens is 1. The molecule has 0 amide bonds. The first-order chi connectivity index (χ1) is 7.76. The fourth-order valence-electron chi connectivity index (χ4n) is 1.73. The number of hydrogen-bond donors (Lipinski definition) is 0. The zero-order chi connectivity index (χ0) is 11.5. The highest BCUT2D eigenvalue weighted by Gasteiger charge is 2.11. The van der Waals surface area contributed by atoms with Gasteiger partial charge in [0.2, 0.25) is 0 Å². The highest BCUT2D eigenvalue weighted by molar-refractivity contribution is 6.16. The van der Waals surface area contributed by atoms with Gasteiger partial charge in [-0.3, -0.25) is 4.57 Å². The third-order valence-electron chi connectivity index (χ3n) is 2.49. The molecule has 0 atom stereocenters. The van der Waals surface area contributed by atoms with Crippen LogP contribution in [0.3, 0.4) is 0 Å². The second-order valence-electron chi connectivity index (χ2n) is 3.69. The van der Waals surface area contributed by atoms with Gasteiger partial charge in [-0.25, -0.2) is 0 Å². The zero-order valence-corrected chi connectivity index (χ0v) is 10.2. The fraction of sp³-hybridized carbons (Fsp3) is 0.333. The number of aromatic nitrogens is 3. The lowest BCUT2D eigenvalue weighted by atomic mass is 10.2. The molecule has 1 aromatic heterocycles. The van der Waals surface area contributed by atoms with Gasteiger partial charge in [0.05, 0.1) is 5.88 Å². The first kappa shape index (κ1) is 11.1. The van der Waals surface area contributed by atoms with E-state index in [1.165, 1.54) is 5.56 Å². The fourth-order valence-corrected chi connectivity index (χ4v) is 1.91. The van der Waals surface area contributed by atoms with Gasteiger partial charge in [-0.15, -0.1) is 21.8 Å². The summed E-state index contributed by atoms with van der Waals surface area (Å²) in [6, 6.07) is 8.26. The van der Waals surface area contributed by atoms with E-state index >= 15 is 0 Å². The second kappa shape index (κ2) is 4.66. The molecule has 0 spiro atoms. The van der Waals surface area contributed by atoms with Crippen molar-refractivity contribution in [3.8, 4) is 5.69 Å². The van der Waals surface area contributed by atoms with Gasteiger partial charge in [0.15, 0.2) is 5.82 Å². The molecule has 0 fully saturated rings. The van der Waals surface area contributed by atoms with Crippen molar-refractivity contribution < 1.29 is 0 Å². The molecule has 3 nitrogen and oxygen atoms in total. The van der Waals surface area contributed by atoms with Crippen LogP contribution in [-0.2, 0) is 12.3 Å². The van der Waals surface area contributed by atoms with E-state index in [2.05, 4.69) is 36.2 Å². The van der Waals surface area contributed by atoms with Crippen LogP contribution in [0, 0.1) is 6.92 Å². The topological polar surface area (TPSA) is 30.7 Å². The van der Waals surface area contributed by atoms with E-state index in [0.29, 0.717) is 5.88 Å². The van der Waals surface area contributed by atoms with Crippen LogP contribution < -0.4 is 0 Å². The van der Waals surface area contributed by atoms with E-state index in [0.717, 1.165) is 23.8 Å². The summed E-state index contributed by atoms with van der Waals surface area (Å²) in [6.45, 7) is 4.13. The molecule has 2 aromatic rings. The van der Waals surface area contributed by atoms with E-state index in [1.54, 1.807) is 0 Å². The number of rotatable bonds is 3. The van der Waals surface area contributed by atoms with Crippen molar-refractivity contribution in [2.24, 2.45) is 0 Å². The van der Waals surface area contributed by atoms with E-state index in [9.17, 15) is 0 Å². The summed E-state index contributed by atoms with van der Waals surface area (Å²) in [6.07, 6.45) is 0.845. The highest BCUT2D eigenvalue weighted by atomic mass is 35.5. The molecule has 0 aliphatic rings. The Hall–Kier alpha value is -1.35. The van der Waals surface area contributed by atoms with Crippen molar-refractivity contribution >= 4 is 11.6 Å². The molecule has 0 aliphatic carbocycles. The molecule has 1 aromatic carbocycles. The van der Waals surface area contributed by atoms with Crippen LogP contribution >= 0.6 is 11.6 Å². The molecule has 0 radical (unpaired) electrons. The number of hydrogen-bond acceptors (Lipinski definition) is 2. The van der Waals surface area contributed by atoms with Gasteiger partial charge in [-0.1, -0.05) is 19.1 Å². The molecule has 1 heterocycles. The van der Waals surface area contributed by atoms with Crippen LogP contribution in [0.25, 0.3) is 5.69 Å². The molecular weight excluding hydrogens is 222 g/mol.